The van der Waals surface area contributed by atoms with E-state index in [-0.39, 0.29) is 0 Å². The first-order valence-electron chi connectivity index (χ1n) is 4.48. The molecule has 0 aliphatic carbocycles. The van der Waals surface area contributed by atoms with Crippen LogP contribution in [0.4, 0.5) is 0 Å². The number of imidazole rings is 1. The van der Waals surface area contributed by atoms with Crippen LogP contribution < -0.4 is 4.74 Å². The second-order valence-electron chi connectivity index (χ2n) is 3.28. The van der Waals surface area contributed by atoms with Crippen LogP contribution in [0, 0.1) is 0 Å². The molecule has 3 aromatic heterocycles. The van der Waals surface area contributed by atoms with E-state index in [4.69, 9.17) is 4.74 Å². The Balaban J connectivity index is 2.46. The maximum Gasteiger partial charge on any atom is 0.191 e. The molecule has 3 aromatic rings. The molecule has 0 saturated carbocycles. The first-order chi connectivity index (χ1) is 7.28. The van der Waals surface area contributed by atoms with Gasteiger partial charge in [-0.1, -0.05) is 0 Å². The van der Waals surface area contributed by atoms with Crippen molar-refractivity contribution >= 4 is 32.5 Å². The normalized spacial score (nSPS) is 11.3. The molecule has 0 bridgehead atoms. The number of hydrogen-bond acceptors (Lipinski definition) is 2. The fourth-order valence-electron chi connectivity index (χ4n) is 1.70. The highest BCUT2D eigenvalue weighted by Crippen LogP contribution is 2.25. The molecule has 3 rings (SSSR count). The Kier molecular flexibility index (Phi) is 1.76. The van der Waals surface area contributed by atoms with E-state index in [0.717, 1.165) is 27.0 Å². The van der Waals surface area contributed by atoms with E-state index < -0.39 is 0 Å². The van der Waals surface area contributed by atoms with Gasteiger partial charge in [-0.25, -0.2) is 4.98 Å². The molecule has 0 unspecified atom stereocenters. The van der Waals surface area contributed by atoms with Crippen molar-refractivity contribution in [2.75, 3.05) is 7.11 Å². The highest BCUT2D eigenvalue weighted by Gasteiger charge is 2.07. The average molecular weight is 266 g/mol. The van der Waals surface area contributed by atoms with Crippen LogP contribution in [-0.2, 0) is 0 Å². The van der Waals surface area contributed by atoms with Crippen LogP contribution in [0.2, 0.25) is 0 Å². The van der Waals surface area contributed by atoms with Gasteiger partial charge in [0.2, 0.25) is 0 Å². The number of fused-ring (bicyclic) bond motifs is 3. The zero-order valence-corrected chi connectivity index (χ0v) is 9.58. The summed E-state index contributed by atoms with van der Waals surface area (Å²) < 4.78 is 7.95. The summed E-state index contributed by atoms with van der Waals surface area (Å²) in [5, 5.41) is 1.06. The summed E-state index contributed by atoms with van der Waals surface area (Å²) in [6.07, 6.45) is 3.89. The highest BCUT2D eigenvalue weighted by molar-refractivity contribution is 9.10. The van der Waals surface area contributed by atoms with E-state index in [1.807, 2.05) is 28.9 Å². The number of pyridine rings is 1. The molecule has 5 heteroatoms. The average Bonchev–Trinajstić information content (AvgIpc) is 2.78. The van der Waals surface area contributed by atoms with Gasteiger partial charge in [-0.2, -0.15) is 0 Å². The number of rotatable bonds is 1. The molecular formula is C10H8BrN3O. The molecule has 0 atom stereocenters. The van der Waals surface area contributed by atoms with Gasteiger partial charge in [0, 0.05) is 23.8 Å². The molecule has 0 fully saturated rings. The van der Waals surface area contributed by atoms with E-state index in [0.29, 0.717) is 0 Å². The van der Waals surface area contributed by atoms with Crippen molar-refractivity contribution in [1.82, 2.24) is 14.4 Å². The number of H-pyrrole nitrogens is 1. The Morgan fingerprint density at radius 2 is 2.40 bits per heavy atom. The smallest absolute Gasteiger partial charge is 0.191 e. The Morgan fingerprint density at radius 3 is 3.20 bits per heavy atom. The lowest BCUT2D eigenvalue weighted by molar-refractivity contribution is 0.401. The minimum Gasteiger partial charge on any atom is -0.482 e. The molecule has 3 heterocycles. The first-order valence-corrected chi connectivity index (χ1v) is 5.27. The fourth-order valence-corrected chi connectivity index (χ4v) is 2.09. The largest absolute Gasteiger partial charge is 0.482 e. The van der Waals surface area contributed by atoms with Crippen molar-refractivity contribution in [3.63, 3.8) is 0 Å². The van der Waals surface area contributed by atoms with Crippen LogP contribution in [0.3, 0.4) is 0 Å². The van der Waals surface area contributed by atoms with Gasteiger partial charge in [0.05, 0.1) is 12.6 Å². The number of methoxy groups -OCH3 is 1. The van der Waals surface area contributed by atoms with E-state index in [2.05, 4.69) is 25.9 Å². The van der Waals surface area contributed by atoms with E-state index >= 15 is 0 Å². The molecule has 0 aliphatic rings. The standard InChI is InChI=1S/C10H8BrN3O/c1-15-9-4-6-7(12-9)2-3-14-5-8(11)13-10(6)14/h2-5,12H,1H3. The van der Waals surface area contributed by atoms with Gasteiger partial charge in [0.15, 0.2) is 5.88 Å². The monoisotopic (exact) mass is 265 g/mol. The van der Waals surface area contributed by atoms with Crippen LogP contribution in [-0.4, -0.2) is 21.5 Å². The second kappa shape index (κ2) is 3.00. The van der Waals surface area contributed by atoms with Crippen molar-refractivity contribution in [1.29, 1.82) is 0 Å². The van der Waals surface area contributed by atoms with Crippen LogP contribution in [0.1, 0.15) is 0 Å². The number of ether oxygens (including phenoxy) is 1. The Labute approximate surface area is 94.0 Å². The SMILES string of the molecule is COc1cc2c(ccn3cc(Br)nc23)[nH]1. The number of hydrogen-bond donors (Lipinski definition) is 1. The van der Waals surface area contributed by atoms with Gasteiger partial charge in [-0.3, -0.25) is 0 Å². The number of aromatic amines is 1. The third-order valence-electron chi connectivity index (χ3n) is 2.39. The van der Waals surface area contributed by atoms with Gasteiger partial charge >= 0.3 is 0 Å². The number of aromatic nitrogens is 3. The van der Waals surface area contributed by atoms with Gasteiger partial charge in [-0.05, 0) is 22.0 Å². The summed E-state index contributed by atoms with van der Waals surface area (Å²) in [5.74, 6) is 0.747. The lowest BCUT2D eigenvalue weighted by atomic mass is 10.3. The van der Waals surface area contributed by atoms with Crippen molar-refractivity contribution in [2.45, 2.75) is 0 Å². The molecule has 0 amide bonds. The molecule has 76 valence electrons. The van der Waals surface area contributed by atoms with Crippen LogP contribution in [0.5, 0.6) is 5.88 Å². The van der Waals surface area contributed by atoms with Gasteiger partial charge in [0.25, 0.3) is 0 Å². The fraction of sp³-hybridized carbons (Fsp3) is 0.100. The Morgan fingerprint density at radius 1 is 1.53 bits per heavy atom. The molecule has 1 N–H and O–H groups in total. The third kappa shape index (κ3) is 1.23. The predicted molar refractivity (Wildman–Crippen MR) is 61.3 cm³/mol. The zero-order chi connectivity index (χ0) is 10.4. The van der Waals surface area contributed by atoms with Gasteiger partial charge in [0.1, 0.15) is 10.3 Å². The molecule has 4 nitrogen and oxygen atoms in total. The second-order valence-corrected chi connectivity index (χ2v) is 4.09. The minimum absolute atomic E-state index is 0.747. The molecule has 0 radical (unpaired) electrons. The van der Waals surface area contributed by atoms with Crippen molar-refractivity contribution in [3.05, 3.63) is 29.1 Å². The Bertz CT molecular complexity index is 640. The predicted octanol–water partition coefficient (Wildman–Crippen LogP) is 2.59. The summed E-state index contributed by atoms with van der Waals surface area (Å²) >= 11 is 3.36. The highest BCUT2D eigenvalue weighted by atomic mass is 79.9. The molecule has 15 heavy (non-hydrogen) atoms. The van der Waals surface area contributed by atoms with E-state index in [1.54, 1.807) is 7.11 Å². The van der Waals surface area contributed by atoms with Crippen molar-refractivity contribution < 1.29 is 4.74 Å². The number of halogens is 1. The zero-order valence-electron chi connectivity index (χ0n) is 7.99. The van der Waals surface area contributed by atoms with Crippen molar-refractivity contribution in [2.24, 2.45) is 0 Å². The summed E-state index contributed by atoms with van der Waals surface area (Å²) in [6, 6.07) is 3.95. The van der Waals surface area contributed by atoms with Crippen LogP contribution in [0.15, 0.2) is 29.1 Å². The van der Waals surface area contributed by atoms with Crippen LogP contribution in [0.25, 0.3) is 16.6 Å². The minimum atomic E-state index is 0.747. The third-order valence-corrected chi connectivity index (χ3v) is 2.77. The molecule has 0 aliphatic heterocycles. The lowest BCUT2D eigenvalue weighted by Crippen LogP contribution is -1.81. The number of nitrogens with one attached hydrogen (secondary N) is 1. The number of nitrogens with zero attached hydrogens (tertiary/aromatic N) is 2. The summed E-state index contributed by atoms with van der Waals surface area (Å²) in [4.78, 5) is 7.55. The van der Waals surface area contributed by atoms with E-state index in [9.17, 15) is 0 Å². The summed E-state index contributed by atoms with van der Waals surface area (Å²) in [5.41, 5.74) is 1.94. The quantitative estimate of drug-likeness (QED) is 0.735. The van der Waals surface area contributed by atoms with Crippen LogP contribution >= 0.6 is 15.9 Å². The molecule has 0 aromatic carbocycles. The topological polar surface area (TPSA) is 42.3 Å². The Hall–Kier alpha value is -1.49. The van der Waals surface area contributed by atoms with Gasteiger partial charge in [-0.15, -0.1) is 0 Å². The molecule has 0 spiro atoms. The molecular weight excluding hydrogens is 258 g/mol. The maximum atomic E-state index is 5.15. The molecule has 0 saturated heterocycles. The summed E-state index contributed by atoms with van der Waals surface area (Å²) in [7, 11) is 1.64. The van der Waals surface area contributed by atoms with Gasteiger partial charge < -0.3 is 14.1 Å². The first kappa shape index (κ1) is 8.79. The maximum absolute atomic E-state index is 5.15. The van der Waals surface area contributed by atoms with Crippen molar-refractivity contribution in [3.8, 4) is 5.88 Å². The van der Waals surface area contributed by atoms with E-state index in [1.165, 1.54) is 0 Å². The lowest BCUT2D eigenvalue weighted by Gasteiger charge is -1.92. The summed E-state index contributed by atoms with van der Waals surface area (Å²) in [6.45, 7) is 0.